The highest BCUT2D eigenvalue weighted by Gasteiger charge is 2.24. The van der Waals surface area contributed by atoms with Gasteiger partial charge in [0, 0.05) is 26.2 Å². The molecule has 20 heavy (non-hydrogen) atoms. The van der Waals surface area contributed by atoms with Crippen LogP contribution in [0.1, 0.15) is 10.4 Å². The molecular weight excluding hydrogens is 262 g/mol. The molecule has 0 atom stereocenters. The summed E-state index contributed by atoms with van der Waals surface area (Å²) in [4.78, 5) is 25.2. The van der Waals surface area contributed by atoms with Crippen LogP contribution in [0.4, 0.5) is 10.6 Å². The second-order valence-electron chi connectivity index (χ2n) is 4.60. The number of aldehydes is 1. The van der Waals surface area contributed by atoms with Crippen molar-refractivity contribution in [1.29, 1.82) is 0 Å². The predicted molar refractivity (Wildman–Crippen MR) is 71.2 cm³/mol. The number of piperazine rings is 1. The molecule has 1 aromatic carbocycles. The van der Waals surface area contributed by atoms with Gasteiger partial charge in [-0.25, -0.2) is 4.79 Å². The van der Waals surface area contributed by atoms with Crippen LogP contribution in [0.3, 0.4) is 0 Å². The Balaban J connectivity index is 1.89. The molecule has 0 aliphatic carbocycles. The lowest BCUT2D eigenvalue weighted by molar-refractivity contribution is 0.112. The van der Waals surface area contributed by atoms with Gasteiger partial charge in [0.25, 0.3) is 0 Å². The molecule has 1 aliphatic rings. The fraction of sp³-hybridized carbons (Fsp3) is 0.308. The summed E-state index contributed by atoms with van der Waals surface area (Å²) in [5, 5.41) is 13.7. The molecule has 3 rings (SSSR count). The van der Waals surface area contributed by atoms with E-state index in [1.807, 2.05) is 11.0 Å². The van der Waals surface area contributed by atoms with E-state index in [4.69, 9.17) is 9.63 Å². The summed E-state index contributed by atoms with van der Waals surface area (Å²) in [7, 11) is 0. The third-order valence-corrected chi connectivity index (χ3v) is 3.49. The first kappa shape index (κ1) is 12.5. The topological polar surface area (TPSA) is 86.9 Å². The van der Waals surface area contributed by atoms with Crippen LogP contribution in [0.25, 0.3) is 11.0 Å². The minimum Gasteiger partial charge on any atom is -0.465 e. The molecule has 1 N–H and O–H groups in total. The maximum absolute atomic E-state index is 11.0. The zero-order valence-corrected chi connectivity index (χ0v) is 10.7. The van der Waals surface area contributed by atoms with E-state index in [1.54, 1.807) is 12.1 Å². The fourth-order valence-electron chi connectivity index (χ4n) is 2.40. The molecule has 1 fully saturated rings. The first-order chi connectivity index (χ1) is 9.70. The Hall–Kier alpha value is -2.57. The SMILES string of the molecule is O=Cc1cccc2c(N3CCN(C(=O)O)CC3)noc12. The number of para-hydroxylation sites is 1. The van der Waals surface area contributed by atoms with Gasteiger partial charge in [-0.2, -0.15) is 0 Å². The molecule has 7 heteroatoms. The van der Waals surface area contributed by atoms with Crippen molar-refractivity contribution < 1.29 is 19.2 Å². The molecule has 0 spiro atoms. The van der Waals surface area contributed by atoms with E-state index in [1.165, 1.54) is 4.90 Å². The Labute approximate surface area is 114 Å². The van der Waals surface area contributed by atoms with Crippen LogP contribution >= 0.6 is 0 Å². The number of hydrogen-bond donors (Lipinski definition) is 1. The lowest BCUT2D eigenvalue weighted by Crippen LogP contribution is -2.48. The lowest BCUT2D eigenvalue weighted by Gasteiger charge is -2.32. The maximum atomic E-state index is 11.0. The predicted octanol–water partition coefficient (Wildman–Crippen LogP) is 1.44. The molecule has 0 saturated carbocycles. The van der Waals surface area contributed by atoms with E-state index in [2.05, 4.69) is 5.16 Å². The Kier molecular flexibility index (Phi) is 3.02. The first-order valence-corrected chi connectivity index (χ1v) is 6.27. The van der Waals surface area contributed by atoms with E-state index >= 15 is 0 Å². The van der Waals surface area contributed by atoms with Crippen molar-refractivity contribution >= 4 is 29.2 Å². The number of benzene rings is 1. The minimum atomic E-state index is -0.905. The van der Waals surface area contributed by atoms with E-state index in [9.17, 15) is 9.59 Å². The zero-order chi connectivity index (χ0) is 14.1. The van der Waals surface area contributed by atoms with Gasteiger partial charge in [-0.3, -0.25) is 4.79 Å². The number of hydrogen-bond acceptors (Lipinski definition) is 5. The first-order valence-electron chi connectivity index (χ1n) is 6.27. The molecular formula is C13H13N3O4. The minimum absolute atomic E-state index is 0.428. The molecule has 0 radical (unpaired) electrons. The molecule has 7 nitrogen and oxygen atoms in total. The Morgan fingerprint density at radius 1 is 1.30 bits per heavy atom. The summed E-state index contributed by atoms with van der Waals surface area (Å²) in [6, 6.07) is 5.30. The highest BCUT2D eigenvalue weighted by molar-refractivity contribution is 5.99. The summed E-state index contributed by atoms with van der Waals surface area (Å²) in [5.74, 6) is 0.661. The van der Waals surface area contributed by atoms with Crippen LogP contribution in [0.5, 0.6) is 0 Å². The van der Waals surface area contributed by atoms with Gasteiger partial charge in [0.15, 0.2) is 17.7 Å². The van der Waals surface area contributed by atoms with Crippen LogP contribution in [0, 0.1) is 0 Å². The summed E-state index contributed by atoms with van der Waals surface area (Å²) < 4.78 is 5.25. The highest BCUT2D eigenvalue weighted by Crippen LogP contribution is 2.28. The quantitative estimate of drug-likeness (QED) is 0.834. The number of carboxylic acid groups (broad SMARTS) is 1. The van der Waals surface area contributed by atoms with E-state index in [0.717, 1.165) is 11.7 Å². The molecule has 1 aromatic heterocycles. The third kappa shape index (κ3) is 1.97. The average Bonchev–Trinajstić information content (AvgIpc) is 2.91. The van der Waals surface area contributed by atoms with Crippen LogP contribution in [-0.4, -0.2) is 53.7 Å². The van der Waals surface area contributed by atoms with E-state index < -0.39 is 6.09 Å². The fourth-order valence-corrected chi connectivity index (χ4v) is 2.40. The van der Waals surface area contributed by atoms with Crippen molar-refractivity contribution in [1.82, 2.24) is 10.1 Å². The number of amides is 1. The lowest BCUT2D eigenvalue weighted by atomic mass is 10.1. The van der Waals surface area contributed by atoms with Crippen LogP contribution < -0.4 is 4.90 Å². The van der Waals surface area contributed by atoms with Crippen molar-refractivity contribution in [2.75, 3.05) is 31.1 Å². The standard InChI is InChI=1S/C13H13N3O4/c17-8-9-2-1-3-10-11(9)20-14-12(10)15-4-6-16(7-5-15)13(18)19/h1-3,8H,4-7H2,(H,18,19). The molecule has 1 saturated heterocycles. The number of aromatic nitrogens is 1. The summed E-state index contributed by atoms with van der Waals surface area (Å²) in [6.07, 6.45) is -0.169. The van der Waals surface area contributed by atoms with Gasteiger partial charge < -0.3 is 19.4 Å². The second-order valence-corrected chi connectivity index (χ2v) is 4.60. The van der Waals surface area contributed by atoms with Gasteiger partial charge in [-0.1, -0.05) is 11.2 Å². The third-order valence-electron chi connectivity index (χ3n) is 3.49. The molecule has 2 aromatic rings. The number of carbonyl (C=O) groups is 2. The van der Waals surface area contributed by atoms with Gasteiger partial charge in [-0.05, 0) is 12.1 Å². The smallest absolute Gasteiger partial charge is 0.407 e. The number of rotatable bonds is 2. The highest BCUT2D eigenvalue weighted by atomic mass is 16.5. The number of carbonyl (C=O) groups excluding carboxylic acids is 1. The van der Waals surface area contributed by atoms with Crippen molar-refractivity contribution in [3.05, 3.63) is 23.8 Å². The summed E-state index contributed by atoms with van der Waals surface area (Å²) in [5.41, 5.74) is 0.934. The van der Waals surface area contributed by atoms with E-state index in [-0.39, 0.29) is 0 Å². The number of nitrogens with zero attached hydrogens (tertiary/aromatic N) is 3. The summed E-state index contributed by atoms with van der Waals surface area (Å²) in [6.45, 7) is 1.96. The van der Waals surface area contributed by atoms with Crippen LogP contribution in [0.2, 0.25) is 0 Å². The molecule has 0 unspecified atom stereocenters. The van der Waals surface area contributed by atoms with Gasteiger partial charge in [0.1, 0.15) is 0 Å². The molecule has 1 amide bonds. The molecule has 0 bridgehead atoms. The summed E-state index contributed by atoms with van der Waals surface area (Å²) >= 11 is 0. The largest absolute Gasteiger partial charge is 0.465 e. The Morgan fingerprint density at radius 3 is 2.70 bits per heavy atom. The van der Waals surface area contributed by atoms with Crippen molar-refractivity contribution in [2.24, 2.45) is 0 Å². The average molecular weight is 275 g/mol. The molecule has 1 aliphatic heterocycles. The monoisotopic (exact) mass is 275 g/mol. The van der Waals surface area contributed by atoms with E-state index in [0.29, 0.717) is 43.1 Å². The number of anilines is 1. The van der Waals surface area contributed by atoms with Gasteiger partial charge in [0.05, 0.1) is 10.9 Å². The van der Waals surface area contributed by atoms with Gasteiger partial charge in [0.2, 0.25) is 0 Å². The molecule has 2 heterocycles. The maximum Gasteiger partial charge on any atom is 0.407 e. The van der Waals surface area contributed by atoms with Crippen molar-refractivity contribution in [3.8, 4) is 0 Å². The van der Waals surface area contributed by atoms with Crippen molar-refractivity contribution in [3.63, 3.8) is 0 Å². The molecule has 104 valence electrons. The van der Waals surface area contributed by atoms with Crippen LogP contribution in [0.15, 0.2) is 22.7 Å². The Morgan fingerprint density at radius 2 is 2.05 bits per heavy atom. The van der Waals surface area contributed by atoms with Crippen LogP contribution in [-0.2, 0) is 0 Å². The zero-order valence-electron chi connectivity index (χ0n) is 10.7. The Bertz CT molecular complexity index is 659. The normalized spacial score (nSPS) is 15.6. The van der Waals surface area contributed by atoms with Crippen molar-refractivity contribution in [2.45, 2.75) is 0 Å². The van der Waals surface area contributed by atoms with Gasteiger partial charge in [-0.15, -0.1) is 0 Å². The van der Waals surface area contributed by atoms with Gasteiger partial charge >= 0.3 is 6.09 Å². The second kappa shape index (κ2) is 4.84. The number of fused-ring (bicyclic) bond motifs is 1.